The Morgan fingerprint density at radius 3 is 1.63 bits per heavy atom. The normalized spacial score (nSPS) is 11.7. The molecular formula is C45H27N3S. The first kappa shape index (κ1) is 27.8. The second-order valence-electron chi connectivity index (χ2n) is 12.4. The average molecular weight is 642 g/mol. The molecule has 0 saturated heterocycles. The van der Waals surface area contributed by atoms with Crippen LogP contribution in [0.3, 0.4) is 0 Å². The predicted molar refractivity (Wildman–Crippen MR) is 207 cm³/mol. The van der Waals surface area contributed by atoms with E-state index in [9.17, 15) is 0 Å². The summed E-state index contributed by atoms with van der Waals surface area (Å²) in [5, 5.41) is 10.1. The molecule has 0 bridgehead atoms. The van der Waals surface area contributed by atoms with E-state index in [0.29, 0.717) is 17.5 Å². The predicted octanol–water partition coefficient (Wildman–Crippen LogP) is 12.4. The molecule has 228 valence electrons. The fraction of sp³-hybridized carbons (Fsp3) is 0. The van der Waals surface area contributed by atoms with Gasteiger partial charge in [0, 0.05) is 42.2 Å². The number of aromatic nitrogens is 3. The lowest BCUT2D eigenvalue weighted by Crippen LogP contribution is -2.00. The van der Waals surface area contributed by atoms with E-state index in [1.165, 1.54) is 58.2 Å². The lowest BCUT2D eigenvalue weighted by atomic mass is 9.97. The van der Waals surface area contributed by atoms with Gasteiger partial charge in [-0.1, -0.05) is 152 Å². The summed E-state index contributed by atoms with van der Waals surface area (Å²) in [5.74, 6) is 1.98. The van der Waals surface area contributed by atoms with Crippen molar-refractivity contribution in [2.24, 2.45) is 0 Å². The van der Waals surface area contributed by atoms with Gasteiger partial charge < -0.3 is 0 Å². The summed E-state index contributed by atoms with van der Waals surface area (Å²) < 4.78 is 2.66. The number of nitrogens with zero attached hydrogens (tertiary/aromatic N) is 3. The van der Waals surface area contributed by atoms with Crippen LogP contribution in [-0.2, 0) is 0 Å². The largest absolute Gasteiger partial charge is 0.208 e. The van der Waals surface area contributed by atoms with E-state index < -0.39 is 0 Å². The molecule has 0 aliphatic carbocycles. The third-order valence-corrected chi connectivity index (χ3v) is 10.8. The molecule has 49 heavy (non-hydrogen) atoms. The summed E-state index contributed by atoms with van der Waals surface area (Å²) in [5.41, 5.74) is 5.32. The number of rotatable bonds is 4. The van der Waals surface area contributed by atoms with Gasteiger partial charge in [-0.2, -0.15) is 0 Å². The van der Waals surface area contributed by atoms with Crippen molar-refractivity contribution in [1.82, 2.24) is 15.0 Å². The van der Waals surface area contributed by atoms with Gasteiger partial charge in [0.1, 0.15) is 0 Å². The molecule has 10 aromatic rings. The molecule has 0 spiro atoms. The van der Waals surface area contributed by atoms with Gasteiger partial charge in [0.2, 0.25) is 0 Å². The zero-order valence-corrected chi connectivity index (χ0v) is 27.2. The van der Waals surface area contributed by atoms with Gasteiger partial charge in [0.15, 0.2) is 17.5 Å². The van der Waals surface area contributed by atoms with Gasteiger partial charge in [0.25, 0.3) is 0 Å². The fourth-order valence-corrected chi connectivity index (χ4v) is 8.47. The molecule has 10 rings (SSSR count). The molecule has 0 unspecified atom stereocenters. The van der Waals surface area contributed by atoms with E-state index in [0.717, 1.165) is 22.1 Å². The topological polar surface area (TPSA) is 38.7 Å². The summed E-state index contributed by atoms with van der Waals surface area (Å²) in [6, 6.07) is 58.0. The highest BCUT2D eigenvalue weighted by Gasteiger charge is 2.16. The highest BCUT2D eigenvalue weighted by Crippen LogP contribution is 2.44. The van der Waals surface area contributed by atoms with Crippen LogP contribution in [0, 0.1) is 0 Å². The van der Waals surface area contributed by atoms with Crippen molar-refractivity contribution in [1.29, 1.82) is 0 Å². The maximum absolute atomic E-state index is 4.98. The van der Waals surface area contributed by atoms with Crippen molar-refractivity contribution in [2.75, 3.05) is 0 Å². The van der Waals surface area contributed by atoms with E-state index >= 15 is 0 Å². The van der Waals surface area contributed by atoms with Gasteiger partial charge in [-0.3, -0.25) is 0 Å². The lowest BCUT2D eigenvalue weighted by Gasteiger charge is -2.10. The van der Waals surface area contributed by atoms with Crippen molar-refractivity contribution in [3.8, 4) is 45.3 Å². The molecular weight excluding hydrogens is 615 g/mol. The maximum Gasteiger partial charge on any atom is 0.164 e. The quantitative estimate of drug-likeness (QED) is 0.180. The van der Waals surface area contributed by atoms with Crippen molar-refractivity contribution in [3.05, 3.63) is 164 Å². The Kier molecular flexibility index (Phi) is 6.36. The van der Waals surface area contributed by atoms with E-state index in [1.807, 2.05) is 72.0 Å². The molecule has 0 aliphatic rings. The summed E-state index contributed by atoms with van der Waals surface area (Å²) in [6.07, 6.45) is 0. The summed E-state index contributed by atoms with van der Waals surface area (Å²) in [6.45, 7) is 0. The van der Waals surface area contributed by atoms with Crippen molar-refractivity contribution in [3.63, 3.8) is 0 Å². The number of benzene rings is 8. The van der Waals surface area contributed by atoms with E-state index in [2.05, 4.69) is 103 Å². The van der Waals surface area contributed by atoms with Gasteiger partial charge in [0.05, 0.1) is 0 Å². The monoisotopic (exact) mass is 641 g/mol. The molecule has 2 aromatic heterocycles. The van der Waals surface area contributed by atoms with Crippen LogP contribution in [-0.4, -0.2) is 15.0 Å². The summed E-state index contributed by atoms with van der Waals surface area (Å²) >= 11 is 1.90. The Morgan fingerprint density at radius 2 is 0.878 bits per heavy atom. The SMILES string of the molecule is c1ccc(-c2nc(-c3ccccc3)nc(-c3ccc4ccc(-c5cccc6c5sc5c6ccc6ccc7ccccc7c65)cc4c3)n2)cc1. The van der Waals surface area contributed by atoms with Crippen LogP contribution >= 0.6 is 11.3 Å². The van der Waals surface area contributed by atoms with Gasteiger partial charge in [-0.15, -0.1) is 11.3 Å². The third-order valence-electron chi connectivity index (χ3n) is 9.48. The van der Waals surface area contributed by atoms with Crippen LogP contribution in [0.25, 0.3) is 97.8 Å². The van der Waals surface area contributed by atoms with Gasteiger partial charge >= 0.3 is 0 Å². The average Bonchev–Trinajstić information content (AvgIpc) is 3.57. The molecule has 8 aromatic carbocycles. The van der Waals surface area contributed by atoms with E-state index in [-0.39, 0.29) is 0 Å². The Hall–Kier alpha value is -6.23. The summed E-state index contributed by atoms with van der Waals surface area (Å²) in [4.78, 5) is 14.8. The molecule has 2 heterocycles. The smallest absolute Gasteiger partial charge is 0.164 e. The van der Waals surface area contributed by atoms with E-state index in [1.54, 1.807) is 0 Å². The van der Waals surface area contributed by atoms with Crippen LogP contribution < -0.4 is 0 Å². The number of fused-ring (bicyclic) bond motifs is 8. The van der Waals surface area contributed by atoms with Crippen LogP contribution in [0.4, 0.5) is 0 Å². The summed E-state index contributed by atoms with van der Waals surface area (Å²) in [7, 11) is 0. The lowest BCUT2D eigenvalue weighted by molar-refractivity contribution is 1.07. The second-order valence-corrected chi connectivity index (χ2v) is 13.4. The van der Waals surface area contributed by atoms with Crippen molar-refractivity contribution in [2.45, 2.75) is 0 Å². The highest BCUT2D eigenvalue weighted by atomic mass is 32.1. The Balaban J connectivity index is 1.14. The molecule has 0 aliphatic heterocycles. The first-order valence-electron chi connectivity index (χ1n) is 16.4. The van der Waals surface area contributed by atoms with Gasteiger partial charge in [-0.25, -0.2) is 15.0 Å². The van der Waals surface area contributed by atoms with Crippen LogP contribution in [0.15, 0.2) is 164 Å². The fourth-order valence-electron chi connectivity index (χ4n) is 7.06. The highest BCUT2D eigenvalue weighted by molar-refractivity contribution is 7.27. The number of hydrogen-bond acceptors (Lipinski definition) is 4. The Morgan fingerprint density at radius 1 is 0.327 bits per heavy atom. The molecule has 3 nitrogen and oxygen atoms in total. The molecule has 4 heteroatoms. The maximum atomic E-state index is 4.98. The molecule has 0 amide bonds. The van der Waals surface area contributed by atoms with Crippen LogP contribution in [0.2, 0.25) is 0 Å². The van der Waals surface area contributed by atoms with Crippen LogP contribution in [0.1, 0.15) is 0 Å². The minimum Gasteiger partial charge on any atom is -0.208 e. The third kappa shape index (κ3) is 4.68. The molecule has 0 fully saturated rings. The standard InChI is InChI=1S/C45H27N3S/c1-3-11-31(12-4-1)43-46-44(32-13-5-2-6-14-32)48-45(47-43)34-23-19-28-18-22-33(26-35(28)27-34)37-16-9-17-38-39-25-24-30-21-20-29-10-7-8-15-36(29)40(30)42(39)49-41(37)38/h1-27H. The molecule has 0 saturated carbocycles. The van der Waals surface area contributed by atoms with E-state index in [4.69, 9.17) is 15.0 Å². The number of thiophene rings is 1. The second kappa shape index (κ2) is 11.2. The molecule has 0 radical (unpaired) electrons. The first-order chi connectivity index (χ1) is 24.3. The Labute approximate surface area is 286 Å². The molecule has 0 atom stereocenters. The van der Waals surface area contributed by atoms with Crippen LogP contribution in [0.5, 0.6) is 0 Å². The minimum absolute atomic E-state index is 0.658. The molecule has 0 N–H and O–H groups in total. The zero-order chi connectivity index (χ0) is 32.3. The zero-order valence-electron chi connectivity index (χ0n) is 26.3. The van der Waals surface area contributed by atoms with Crippen molar-refractivity contribution >= 4 is 63.8 Å². The van der Waals surface area contributed by atoms with Crippen molar-refractivity contribution < 1.29 is 0 Å². The van der Waals surface area contributed by atoms with Gasteiger partial charge in [-0.05, 0) is 50.2 Å². The first-order valence-corrected chi connectivity index (χ1v) is 17.3. The minimum atomic E-state index is 0.658. The number of hydrogen-bond donors (Lipinski definition) is 0. The Bertz CT molecular complexity index is 2820.